The number of hydrogen-bond acceptors (Lipinski definition) is 4. The highest BCUT2D eigenvalue weighted by molar-refractivity contribution is 7.19. The third-order valence-electron chi connectivity index (χ3n) is 1.87. The van der Waals surface area contributed by atoms with Crippen LogP contribution in [-0.4, -0.2) is 4.98 Å². The Labute approximate surface area is 95.6 Å². The lowest BCUT2D eigenvalue weighted by molar-refractivity contribution is 1.12. The summed E-state index contributed by atoms with van der Waals surface area (Å²) in [6.45, 7) is 2.93. The molecule has 0 saturated carbocycles. The molecule has 0 spiro atoms. The van der Waals surface area contributed by atoms with E-state index in [1.54, 1.807) is 17.5 Å². The number of anilines is 1. The molecule has 0 aliphatic heterocycles. The fraction of sp³-hybridized carbons (Fsp3) is 0.222. The largest absolute Gasteiger partial charge is 0.357 e. The van der Waals surface area contributed by atoms with Crippen molar-refractivity contribution in [2.45, 2.75) is 13.5 Å². The highest BCUT2D eigenvalue weighted by atomic mass is 35.5. The number of nitrogens with one attached hydrogen (secondary N) is 1. The fourth-order valence-corrected chi connectivity index (χ4v) is 2.74. The molecular formula is C9H9ClN2S2. The first-order valence-electron chi connectivity index (χ1n) is 4.12. The maximum absolute atomic E-state index is 5.77. The van der Waals surface area contributed by atoms with Crippen LogP contribution in [0.2, 0.25) is 4.34 Å². The summed E-state index contributed by atoms with van der Waals surface area (Å²) in [7, 11) is 0. The van der Waals surface area contributed by atoms with Gasteiger partial charge in [-0.1, -0.05) is 22.9 Å². The lowest BCUT2D eigenvalue weighted by atomic mass is 10.2. The molecular weight excluding hydrogens is 236 g/mol. The molecule has 2 aromatic rings. The minimum absolute atomic E-state index is 0.717. The highest BCUT2D eigenvalue weighted by Gasteiger charge is 2.01. The van der Waals surface area contributed by atoms with Gasteiger partial charge >= 0.3 is 0 Å². The maximum Gasteiger partial charge on any atom is 0.184 e. The molecule has 0 saturated heterocycles. The summed E-state index contributed by atoms with van der Waals surface area (Å²) in [5, 5.41) is 8.41. The van der Waals surface area contributed by atoms with Crippen LogP contribution in [0.15, 0.2) is 17.0 Å². The molecule has 5 heteroatoms. The molecule has 0 amide bonds. The minimum atomic E-state index is 0.717. The van der Waals surface area contributed by atoms with Gasteiger partial charge in [-0.05, 0) is 28.8 Å². The quantitative estimate of drug-likeness (QED) is 0.889. The van der Waals surface area contributed by atoms with Gasteiger partial charge in [0.05, 0.1) is 6.20 Å². The van der Waals surface area contributed by atoms with E-state index < -0.39 is 0 Å². The lowest BCUT2D eigenvalue weighted by Crippen LogP contribution is -1.98. The Balaban J connectivity index is 1.98. The van der Waals surface area contributed by atoms with Crippen molar-refractivity contribution >= 4 is 39.4 Å². The van der Waals surface area contributed by atoms with E-state index in [0.717, 1.165) is 16.0 Å². The number of aromatic nitrogens is 1. The zero-order chi connectivity index (χ0) is 9.97. The van der Waals surface area contributed by atoms with Gasteiger partial charge in [0.15, 0.2) is 5.13 Å². The van der Waals surface area contributed by atoms with Gasteiger partial charge in [-0.25, -0.2) is 4.98 Å². The van der Waals surface area contributed by atoms with Gasteiger partial charge in [0.2, 0.25) is 0 Å². The highest BCUT2D eigenvalue weighted by Crippen LogP contribution is 2.23. The zero-order valence-corrected chi connectivity index (χ0v) is 9.97. The van der Waals surface area contributed by atoms with Crippen molar-refractivity contribution in [1.29, 1.82) is 0 Å². The summed E-state index contributed by atoms with van der Waals surface area (Å²) in [5.41, 5.74) is 2.64. The van der Waals surface area contributed by atoms with Crippen LogP contribution >= 0.6 is 34.3 Å². The van der Waals surface area contributed by atoms with Crippen molar-refractivity contribution in [2.24, 2.45) is 0 Å². The van der Waals surface area contributed by atoms with E-state index in [2.05, 4.69) is 28.0 Å². The van der Waals surface area contributed by atoms with Crippen LogP contribution in [0.3, 0.4) is 0 Å². The molecule has 0 unspecified atom stereocenters. The van der Waals surface area contributed by atoms with E-state index in [0.29, 0.717) is 0 Å². The van der Waals surface area contributed by atoms with E-state index >= 15 is 0 Å². The van der Waals surface area contributed by atoms with Crippen LogP contribution < -0.4 is 5.32 Å². The molecule has 2 aromatic heterocycles. The number of aryl methyl sites for hydroxylation is 1. The summed E-state index contributed by atoms with van der Waals surface area (Å²) in [6.07, 6.45) is 1.66. The fourth-order valence-electron chi connectivity index (χ4n) is 1.07. The SMILES string of the molecule is Cc1cscc1CNc1ncc(Cl)s1. The van der Waals surface area contributed by atoms with Crippen molar-refractivity contribution in [1.82, 2.24) is 4.98 Å². The van der Waals surface area contributed by atoms with Crippen LogP contribution in [0.1, 0.15) is 11.1 Å². The Bertz CT molecular complexity index is 422. The van der Waals surface area contributed by atoms with Gasteiger partial charge in [0, 0.05) is 6.54 Å². The van der Waals surface area contributed by atoms with Gasteiger partial charge in [0.1, 0.15) is 4.34 Å². The summed E-state index contributed by atoms with van der Waals surface area (Å²) >= 11 is 8.96. The Morgan fingerprint density at radius 1 is 1.50 bits per heavy atom. The summed E-state index contributed by atoms with van der Waals surface area (Å²) in [4.78, 5) is 4.12. The van der Waals surface area contributed by atoms with E-state index in [-0.39, 0.29) is 0 Å². The second-order valence-corrected chi connectivity index (χ2v) is 5.31. The average Bonchev–Trinajstić information content (AvgIpc) is 2.72. The first-order valence-corrected chi connectivity index (χ1v) is 6.26. The third-order valence-corrected chi connectivity index (χ3v) is 3.85. The molecule has 0 aromatic carbocycles. The molecule has 0 radical (unpaired) electrons. The first-order chi connectivity index (χ1) is 6.75. The molecule has 2 rings (SSSR count). The van der Waals surface area contributed by atoms with Gasteiger partial charge in [0.25, 0.3) is 0 Å². The van der Waals surface area contributed by atoms with Crippen molar-refractivity contribution in [3.05, 3.63) is 32.4 Å². The smallest absolute Gasteiger partial charge is 0.184 e. The van der Waals surface area contributed by atoms with Crippen LogP contribution in [0.25, 0.3) is 0 Å². The third kappa shape index (κ3) is 2.26. The van der Waals surface area contributed by atoms with Gasteiger partial charge < -0.3 is 5.32 Å². The summed E-state index contributed by atoms with van der Waals surface area (Å²) in [6, 6.07) is 0. The van der Waals surface area contributed by atoms with Gasteiger partial charge in [-0.15, -0.1) is 0 Å². The normalized spacial score (nSPS) is 10.4. The van der Waals surface area contributed by atoms with Crippen molar-refractivity contribution in [3.63, 3.8) is 0 Å². The predicted octanol–water partition coefficient (Wildman–Crippen LogP) is 3.78. The Morgan fingerprint density at radius 2 is 2.36 bits per heavy atom. The van der Waals surface area contributed by atoms with Crippen LogP contribution in [0.5, 0.6) is 0 Å². The molecule has 0 aliphatic rings. The minimum Gasteiger partial charge on any atom is -0.357 e. The number of thiophene rings is 1. The number of nitrogens with zero attached hydrogens (tertiary/aromatic N) is 1. The second-order valence-electron chi connectivity index (χ2n) is 2.90. The van der Waals surface area contributed by atoms with E-state index in [1.807, 2.05) is 0 Å². The molecule has 0 atom stereocenters. The van der Waals surface area contributed by atoms with Crippen LogP contribution in [-0.2, 0) is 6.54 Å². The van der Waals surface area contributed by atoms with Crippen LogP contribution in [0, 0.1) is 6.92 Å². The summed E-state index contributed by atoms with van der Waals surface area (Å²) < 4.78 is 0.717. The Hall–Kier alpha value is -0.580. The molecule has 74 valence electrons. The molecule has 1 N–H and O–H groups in total. The number of rotatable bonds is 3. The lowest BCUT2D eigenvalue weighted by Gasteiger charge is -2.00. The van der Waals surface area contributed by atoms with Gasteiger partial charge in [-0.2, -0.15) is 11.3 Å². The predicted molar refractivity (Wildman–Crippen MR) is 63.5 cm³/mol. The van der Waals surface area contributed by atoms with E-state index in [4.69, 9.17) is 11.6 Å². The summed E-state index contributed by atoms with van der Waals surface area (Å²) in [5.74, 6) is 0. The van der Waals surface area contributed by atoms with Crippen molar-refractivity contribution < 1.29 is 0 Å². The maximum atomic E-state index is 5.77. The first kappa shape index (κ1) is 9.96. The second kappa shape index (κ2) is 4.29. The Morgan fingerprint density at radius 3 is 2.93 bits per heavy atom. The van der Waals surface area contributed by atoms with Crippen LogP contribution in [0.4, 0.5) is 5.13 Å². The zero-order valence-electron chi connectivity index (χ0n) is 7.58. The van der Waals surface area contributed by atoms with E-state index in [9.17, 15) is 0 Å². The number of halogens is 1. The molecule has 14 heavy (non-hydrogen) atoms. The monoisotopic (exact) mass is 244 g/mol. The standard InChI is InChI=1S/C9H9ClN2S2/c1-6-4-13-5-7(6)2-11-9-12-3-8(10)14-9/h3-5H,2H2,1H3,(H,11,12). The van der Waals surface area contributed by atoms with E-state index in [1.165, 1.54) is 22.5 Å². The molecule has 0 aliphatic carbocycles. The molecule has 2 nitrogen and oxygen atoms in total. The molecule has 2 heterocycles. The topological polar surface area (TPSA) is 24.9 Å². The van der Waals surface area contributed by atoms with Crippen molar-refractivity contribution in [3.8, 4) is 0 Å². The molecule has 0 fully saturated rings. The average molecular weight is 245 g/mol. The number of thiazole rings is 1. The Kier molecular flexibility index (Phi) is 3.05. The number of hydrogen-bond donors (Lipinski definition) is 1. The molecule has 0 bridgehead atoms. The van der Waals surface area contributed by atoms with Crippen molar-refractivity contribution in [2.75, 3.05) is 5.32 Å². The van der Waals surface area contributed by atoms with Gasteiger partial charge in [-0.3, -0.25) is 0 Å².